The van der Waals surface area contributed by atoms with Crippen molar-refractivity contribution in [2.75, 3.05) is 24.6 Å². The Kier molecular flexibility index (Phi) is 3.66. The van der Waals surface area contributed by atoms with Crippen molar-refractivity contribution in [1.82, 2.24) is 9.97 Å². The number of aromatic hydroxyl groups is 1. The molecule has 1 fully saturated rings. The van der Waals surface area contributed by atoms with Gasteiger partial charge in [-0.3, -0.25) is 9.78 Å². The summed E-state index contributed by atoms with van der Waals surface area (Å²) < 4.78 is 5.82. The van der Waals surface area contributed by atoms with Crippen molar-refractivity contribution >= 4 is 16.9 Å². The Balaban J connectivity index is 1.66. The zero-order valence-corrected chi connectivity index (χ0v) is 13.0. The zero-order valence-electron chi connectivity index (χ0n) is 13.0. The average Bonchev–Trinajstić information content (AvgIpc) is 2.62. The van der Waals surface area contributed by atoms with E-state index in [0.717, 1.165) is 5.56 Å². The molecule has 1 aliphatic rings. The number of aromatic nitrogens is 2. The van der Waals surface area contributed by atoms with Gasteiger partial charge in [0.15, 0.2) is 0 Å². The summed E-state index contributed by atoms with van der Waals surface area (Å²) in [5, 5.41) is 10.2. The maximum absolute atomic E-state index is 12.3. The Morgan fingerprint density at radius 1 is 1.21 bits per heavy atom. The number of phenols is 1. The molecule has 0 radical (unpaired) electrons. The lowest BCUT2D eigenvalue weighted by Crippen LogP contribution is -2.40. The minimum atomic E-state index is -0.178. The van der Waals surface area contributed by atoms with Crippen LogP contribution in [0.25, 0.3) is 10.9 Å². The highest BCUT2D eigenvalue weighted by atomic mass is 16.5. The molecule has 1 aromatic heterocycles. The molecule has 2 N–H and O–H groups in total. The van der Waals surface area contributed by atoms with Crippen LogP contribution in [0.1, 0.15) is 11.7 Å². The molecule has 0 amide bonds. The van der Waals surface area contributed by atoms with Crippen LogP contribution in [0.3, 0.4) is 0 Å². The van der Waals surface area contributed by atoms with Crippen LogP contribution in [-0.4, -0.2) is 34.8 Å². The molecule has 6 nitrogen and oxygen atoms in total. The fourth-order valence-electron chi connectivity index (χ4n) is 2.99. The third-order valence-electron chi connectivity index (χ3n) is 4.21. The van der Waals surface area contributed by atoms with E-state index in [1.54, 1.807) is 24.3 Å². The molecule has 0 saturated carbocycles. The van der Waals surface area contributed by atoms with Crippen LogP contribution < -0.4 is 10.5 Å². The van der Waals surface area contributed by atoms with Gasteiger partial charge in [0.25, 0.3) is 5.56 Å². The molecule has 122 valence electrons. The van der Waals surface area contributed by atoms with Crippen LogP contribution in [0.15, 0.2) is 53.3 Å². The molecule has 4 rings (SSSR count). The number of nitrogens with zero attached hydrogens (tertiary/aromatic N) is 2. The lowest BCUT2D eigenvalue weighted by Gasteiger charge is -2.33. The Morgan fingerprint density at radius 2 is 2.08 bits per heavy atom. The second-order valence-corrected chi connectivity index (χ2v) is 5.81. The molecule has 0 aliphatic carbocycles. The van der Waals surface area contributed by atoms with Gasteiger partial charge in [0, 0.05) is 6.54 Å². The summed E-state index contributed by atoms with van der Waals surface area (Å²) >= 11 is 0. The fraction of sp³-hybridized carbons (Fsp3) is 0.222. The summed E-state index contributed by atoms with van der Waals surface area (Å²) in [6.45, 7) is 1.73. The van der Waals surface area contributed by atoms with E-state index in [-0.39, 0.29) is 17.4 Å². The van der Waals surface area contributed by atoms with E-state index in [4.69, 9.17) is 4.74 Å². The Labute approximate surface area is 138 Å². The molecule has 3 aromatic rings. The zero-order chi connectivity index (χ0) is 16.5. The minimum absolute atomic E-state index is 0.143. The number of anilines is 1. The molecule has 0 unspecified atom stereocenters. The highest BCUT2D eigenvalue weighted by molar-refractivity contribution is 5.78. The topological polar surface area (TPSA) is 78.5 Å². The van der Waals surface area contributed by atoms with Crippen LogP contribution >= 0.6 is 0 Å². The van der Waals surface area contributed by atoms with E-state index >= 15 is 0 Å². The van der Waals surface area contributed by atoms with Crippen molar-refractivity contribution in [3.8, 4) is 5.75 Å². The number of ether oxygens (including phenoxy) is 1. The van der Waals surface area contributed by atoms with Gasteiger partial charge in [0.05, 0.1) is 24.1 Å². The van der Waals surface area contributed by atoms with Gasteiger partial charge in [0.1, 0.15) is 11.9 Å². The number of aromatic amines is 1. The van der Waals surface area contributed by atoms with Gasteiger partial charge in [-0.05, 0) is 29.8 Å². The van der Waals surface area contributed by atoms with Crippen molar-refractivity contribution in [1.29, 1.82) is 0 Å². The lowest BCUT2D eigenvalue weighted by atomic mass is 10.1. The van der Waals surface area contributed by atoms with Gasteiger partial charge >= 0.3 is 0 Å². The van der Waals surface area contributed by atoms with Gasteiger partial charge in [-0.1, -0.05) is 24.3 Å². The Bertz CT molecular complexity index is 938. The molecule has 1 aliphatic heterocycles. The van der Waals surface area contributed by atoms with Crippen molar-refractivity contribution in [3.63, 3.8) is 0 Å². The summed E-state index contributed by atoms with van der Waals surface area (Å²) in [6.07, 6.45) is -0.178. The maximum Gasteiger partial charge on any atom is 0.260 e. The standard InChI is InChI=1S/C18H17N3O3/c22-13-5-3-4-12(10-13)16-11-21(8-9-24-16)18-19-15-7-2-1-6-14(15)17(23)20-18/h1-7,10,16,22H,8-9,11H2,(H,19,20,23)/t16-/m0/s1. The Morgan fingerprint density at radius 3 is 2.96 bits per heavy atom. The van der Waals surface area contributed by atoms with E-state index in [1.807, 2.05) is 29.2 Å². The van der Waals surface area contributed by atoms with E-state index in [1.165, 1.54) is 0 Å². The predicted molar refractivity (Wildman–Crippen MR) is 91.4 cm³/mol. The number of phenolic OH excluding ortho intramolecular Hbond substituents is 1. The normalized spacial score (nSPS) is 18.0. The number of morpholine rings is 1. The number of H-pyrrole nitrogens is 1. The Hall–Kier alpha value is -2.86. The number of rotatable bonds is 2. The van der Waals surface area contributed by atoms with Crippen LogP contribution in [0, 0.1) is 0 Å². The second-order valence-electron chi connectivity index (χ2n) is 5.81. The molecule has 2 heterocycles. The fourth-order valence-corrected chi connectivity index (χ4v) is 2.99. The van der Waals surface area contributed by atoms with Crippen LogP contribution in [0.2, 0.25) is 0 Å². The number of hydrogen-bond acceptors (Lipinski definition) is 5. The summed E-state index contributed by atoms with van der Waals surface area (Å²) in [5.41, 5.74) is 1.44. The lowest BCUT2D eigenvalue weighted by molar-refractivity contribution is 0.0391. The van der Waals surface area contributed by atoms with Gasteiger partial charge < -0.3 is 14.7 Å². The number of fused-ring (bicyclic) bond motifs is 1. The molecule has 24 heavy (non-hydrogen) atoms. The third kappa shape index (κ3) is 2.72. The van der Waals surface area contributed by atoms with Crippen molar-refractivity contribution < 1.29 is 9.84 Å². The summed E-state index contributed by atoms with van der Waals surface area (Å²) in [7, 11) is 0. The van der Waals surface area contributed by atoms with E-state index in [2.05, 4.69) is 9.97 Å². The second kappa shape index (κ2) is 5.98. The highest BCUT2D eigenvalue weighted by Gasteiger charge is 2.24. The average molecular weight is 323 g/mol. The van der Waals surface area contributed by atoms with Gasteiger partial charge in [-0.2, -0.15) is 0 Å². The first-order chi connectivity index (χ1) is 11.7. The quantitative estimate of drug-likeness (QED) is 0.756. The first kappa shape index (κ1) is 14.7. The summed E-state index contributed by atoms with van der Waals surface area (Å²) in [4.78, 5) is 21.7. The molecule has 1 atom stereocenters. The smallest absolute Gasteiger partial charge is 0.260 e. The van der Waals surface area contributed by atoms with Crippen LogP contribution in [-0.2, 0) is 4.74 Å². The van der Waals surface area contributed by atoms with E-state index in [9.17, 15) is 9.90 Å². The molecule has 2 aromatic carbocycles. The SMILES string of the molecule is O=c1[nH]c(N2CCO[C@H](c3cccc(O)c3)C2)nc2ccccc12. The molecule has 1 saturated heterocycles. The van der Waals surface area contributed by atoms with Gasteiger partial charge in [0.2, 0.25) is 5.95 Å². The summed E-state index contributed by atoms with van der Waals surface area (Å²) in [5.74, 6) is 0.762. The first-order valence-corrected chi connectivity index (χ1v) is 7.85. The molecule has 6 heteroatoms. The van der Waals surface area contributed by atoms with E-state index in [0.29, 0.717) is 36.5 Å². The highest BCUT2D eigenvalue weighted by Crippen LogP contribution is 2.26. The number of benzene rings is 2. The van der Waals surface area contributed by atoms with Gasteiger partial charge in [-0.15, -0.1) is 0 Å². The third-order valence-corrected chi connectivity index (χ3v) is 4.21. The first-order valence-electron chi connectivity index (χ1n) is 7.85. The van der Waals surface area contributed by atoms with Crippen LogP contribution in [0.4, 0.5) is 5.95 Å². The largest absolute Gasteiger partial charge is 0.508 e. The van der Waals surface area contributed by atoms with Crippen molar-refractivity contribution in [2.24, 2.45) is 0 Å². The predicted octanol–water partition coefficient (Wildman–Crippen LogP) is 2.21. The minimum Gasteiger partial charge on any atom is -0.508 e. The number of nitrogens with one attached hydrogen (secondary N) is 1. The summed E-state index contributed by atoms with van der Waals surface area (Å²) in [6, 6.07) is 14.3. The van der Waals surface area contributed by atoms with E-state index < -0.39 is 0 Å². The van der Waals surface area contributed by atoms with Crippen molar-refractivity contribution in [3.05, 3.63) is 64.4 Å². The number of para-hydroxylation sites is 1. The molecular weight excluding hydrogens is 306 g/mol. The molecule has 0 bridgehead atoms. The maximum atomic E-state index is 12.3. The molecule has 0 spiro atoms. The molecular formula is C18H17N3O3. The van der Waals surface area contributed by atoms with Crippen LogP contribution in [0.5, 0.6) is 5.75 Å². The monoisotopic (exact) mass is 323 g/mol. The number of hydrogen-bond donors (Lipinski definition) is 2. The van der Waals surface area contributed by atoms with Crippen molar-refractivity contribution in [2.45, 2.75) is 6.10 Å². The van der Waals surface area contributed by atoms with Gasteiger partial charge in [-0.25, -0.2) is 4.98 Å².